The molecule has 0 unspecified atom stereocenters. The number of benzene rings is 1. The maximum atomic E-state index is 13.5. The Labute approximate surface area is 177 Å². The summed E-state index contributed by atoms with van der Waals surface area (Å²) in [5.41, 5.74) is 0.942. The molecule has 0 bridgehead atoms. The molecule has 3 heterocycles. The maximum absolute atomic E-state index is 13.5. The number of rotatable bonds is 7. The van der Waals surface area contributed by atoms with E-state index in [1.807, 2.05) is 41.1 Å². The second-order valence-electron chi connectivity index (χ2n) is 6.80. The van der Waals surface area contributed by atoms with Crippen molar-refractivity contribution in [3.63, 3.8) is 0 Å². The third-order valence-electron chi connectivity index (χ3n) is 4.44. The Bertz CT molecular complexity index is 1190. The fraction of sp³-hybridized carbons (Fsp3) is 0.190. The summed E-state index contributed by atoms with van der Waals surface area (Å²) >= 11 is 3.16. The van der Waals surface area contributed by atoms with E-state index < -0.39 is 9.84 Å². The average Bonchev–Trinajstić information content (AvgIpc) is 3.42. The van der Waals surface area contributed by atoms with E-state index in [0.717, 1.165) is 16.0 Å². The molecule has 0 aliphatic carbocycles. The highest BCUT2D eigenvalue weighted by Gasteiger charge is 2.27. The molecular weight excluding hydrogens is 426 g/mol. The lowest BCUT2D eigenvalue weighted by Gasteiger charge is -2.21. The van der Waals surface area contributed by atoms with Crippen molar-refractivity contribution in [3.05, 3.63) is 80.4 Å². The molecule has 4 rings (SSSR count). The van der Waals surface area contributed by atoms with Crippen molar-refractivity contribution in [1.82, 2.24) is 4.90 Å². The summed E-state index contributed by atoms with van der Waals surface area (Å²) < 4.78 is 30.0. The Kier molecular flexibility index (Phi) is 5.58. The van der Waals surface area contributed by atoms with Gasteiger partial charge in [-0.3, -0.25) is 4.79 Å². The van der Waals surface area contributed by atoms with Gasteiger partial charge in [0.05, 0.1) is 18.8 Å². The number of furan rings is 1. The second kappa shape index (κ2) is 8.14. The number of amides is 1. The number of carbonyl (C=O) groups is 1. The molecule has 0 spiro atoms. The average molecular weight is 446 g/mol. The largest absolute Gasteiger partial charge is 0.451 e. The van der Waals surface area contributed by atoms with Gasteiger partial charge in [-0.25, -0.2) is 8.42 Å². The summed E-state index contributed by atoms with van der Waals surface area (Å²) in [7, 11) is -3.35. The number of thiophene rings is 2. The summed E-state index contributed by atoms with van der Waals surface area (Å²) in [6, 6.07) is 15.0. The normalized spacial score (nSPS) is 11.8. The van der Waals surface area contributed by atoms with Crippen LogP contribution < -0.4 is 0 Å². The topological polar surface area (TPSA) is 67.6 Å². The van der Waals surface area contributed by atoms with Crippen LogP contribution in [-0.4, -0.2) is 25.5 Å². The van der Waals surface area contributed by atoms with Gasteiger partial charge in [0.1, 0.15) is 5.58 Å². The van der Waals surface area contributed by atoms with Crippen LogP contribution in [0.1, 0.15) is 25.9 Å². The lowest BCUT2D eigenvalue weighted by atomic mass is 10.1. The summed E-state index contributed by atoms with van der Waals surface area (Å²) in [6.45, 7) is 0.869. The number of para-hydroxylation sites is 1. The smallest absolute Gasteiger partial charge is 0.290 e. The number of hydrogen-bond donors (Lipinski definition) is 0. The third-order valence-corrected chi connectivity index (χ3v) is 6.98. The summed E-state index contributed by atoms with van der Waals surface area (Å²) in [5, 5.41) is 4.60. The Morgan fingerprint density at radius 3 is 2.14 bits per heavy atom. The van der Waals surface area contributed by atoms with Crippen molar-refractivity contribution in [2.75, 3.05) is 6.26 Å². The number of nitrogens with zero attached hydrogens (tertiary/aromatic N) is 1. The molecule has 1 aromatic carbocycles. The van der Waals surface area contributed by atoms with E-state index in [2.05, 4.69) is 0 Å². The minimum Gasteiger partial charge on any atom is -0.451 e. The maximum Gasteiger partial charge on any atom is 0.290 e. The van der Waals surface area contributed by atoms with Gasteiger partial charge in [-0.1, -0.05) is 30.3 Å². The zero-order chi connectivity index (χ0) is 20.4. The first-order valence-corrected chi connectivity index (χ1v) is 12.7. The van der Waals surface area contributed by atoms with E-state index in [1.165, 1.54) is 0 Å². The van der Waals surface area contributed by atoms with E-state index in [0.29, 0.717) is 29.6 Å². The van der Waals surface area contributed by atoms with Gasteiger partial charge < -0.3 is 9.32 Å². The molecule has 4 aromatic rings. The van der Waals surface area contributed by atoms with Crippen LogP contribution >= 0.6 is 22.7 Å². The van der Waals surface area contributed by atoms with Crippen molar-refractivity contribution in [3.8, 4) is 0 Å². The molecule has 8 heteroatoms. The van der Waals surface area contributed by atoms with Gasteiger partial charge in [-0.2, -0.15) is 0 Å². The highest BCUT2D eigenvalue weighted by Crippen LogP contribution is 2.30. The molecule has 3 aromatic heterocycles. The monoisotopic (exact) mass is 445 g/mol. The molecule has 150 valence electrons. The van der Waals surface area contributed by atoms with Gasteiger partial charge in [0.25, 0.3) is 5.91 Å². The zero-order valence-electron chi connectivity index (χ0n) is 15.7. The first kappa shape index (κ1) is 19.9. The first-order valence-electron chi connectivity index (χ1n) is 8.93. The molecule has 0 saturated carbocycles. The van der Waals surface area contributed by atoms with Crippen LogP contribution in [0.25, 0.3) is 11.0 Å². The van der Waals surface area contributed by atoms with Gasteiger partial charge in [0.15, 0.2) is 15.6 Å². The van der Waals surface area contributed by atoms with Crippen molar-refractivity contribution in [2.45, 2.75) is 18.8 Å². The van der Waals surface area contributed by atoms with E-state index >= 15 is 0 Å². The van der Waals surface area contributed by atoms with Crippen molar-refractivity contribution in [1.29, 1.82) is 0 Å². The molecule has 0 N–H and O–H groups in total. The first-order chi connectivity index (χ1) is 13.9. The van der Waals surface area contributed by atoms with Gasteiger partial charge >= 0.3 is 0 Å². The molecule has 5 nitrogen and oxygen atoms in total. The van der Waals surface area contributed by atoms with E-state index in [-0.39, 0.29) is 17.4 Å². The number of carbonyl (C=O) groups excluding carboxylic acids is 1. The fourth-order valence-corrected chi connectivity index (χ4v) is 5.45. The highest BCUT2D eigenvalue weighted by molar-refractivity contribution is 7.89. The predicted molar refractivity (Wildman–Crippen MR) is 117 cm³/mol. The van der Waals surface area contributed by atoms with Crippen molar-refractivity contribution < 1.29 is 17.6 Å². The molecule has 0 aliphatic heterocycles. The minimum atomic E-state index is -3.35. The highest BCUT2D eigenvalue weighted by atomic mass is 32.2. The van der Waals surface area contributed by atoms with E-state index in [1.54, 1.807) is 45.8 Å². The Balaban J connectivity index is 1.76. The van der Waals surface area contributed by atoms with Gasteiger partial charge in [-0.05, 0) is 29.0 Å². The van der Waals surface area contributed by atoms with Crippen LogP contribution in [0.15, 0.2) is 63.7 Å². The van der Waals surface area contributed by atoms with Crippen LogP contribution in [0.4, 0.5) is 0 Å². The summed E-state index contributed by atoms with van der Waals surface area (Å²) in [4.78, 5) is 17.3. The molecule has 0 fully saturated rings. The minimum absolute atomic E-state index is 0.102. The molecular formula is C21H19NO4S3. The van der Waals surface area contributed by atoms with Crippen molar-refractivity contribution >= 4 is 49.4 Å². The number of fused-ring (bicyclic) bond motifs is 1. The standard InChI is InChI=1S/C21H19NO4S3/c1-29(24,25)14-18-17-8-2-3-9-19(17)26-20(18)21(23)22(12-15-6-4-10-27-15)13-16-7-5-11-28-16/h2-11H,12-14H2,1H3. The Hall–Kier alpha value is -2.42. The van der Waals surface area contributed by atoms with Gasteiger partial charge in [-0.15, -0.1) is 22.7 Å². The predicted octanol–water partition coefficient (Wildman–Crippen LogP) is 4.94. The van der Waals surface area contributed by atoms with Crippen LogP contribution in [-0.2, 0) is 28.7 Å². The molecule has 0 radical (unpaired) electrons. The summed E-state index contributed by atoms with van der Waals surface area (Å²) in [6.07, 6.45) is 1.16. The van der Waals surface area contributed by atoms with E-state index in [9.17, 15) is 13.2 Å². The van der Waals surface area contributed by atoms with Crippen molar-refractivity contribution in [2.24, 2.45) is 0 Å². The Morgan fingerprint density at radius 2 is 1.59 bits per heavy atom. The van der Waals surface area contributed by atoms with Crippen LogP contribution in [0.3, 0.4) is 0 Å². The fourth-order valence-electron chi connectivity index (χ4n) is 3.20. The van der Waals surface area contributed by atoms with Crippen LogP contribution in [0, 0.1) is 0 Å². The zero-order valence-corrected chi connectivity index (χ0v) is 18.1. The summed E-state index contributed by atoms with van der Waals surface area (Å²) in [5.74, 6) is -0.442. The van der Waals surface area contributed by atoms with E-state index in [4.69, 9.17) is 4.42 Å². The SMILES string of the molecule is CS(=O)(=O)Cc1c(C(=O)N(Cc2cccs2)Cc2cccs2)oc2ccccc12. The van der Waals surface area contributed by atoms with Gasteiger partial charge in [0.2, 0.25) is 0 Å². The second-order valence-corrected chi connectivity index (χ2v) is 11.0. The third kappa shape index (κ3) is 4.60. The number of hydrogen-bond acceptors (Lipinski definition) is 6. The van der Waals surface area contributed by atoms with Crippen LogP contribution in [0.2, 0.25) is 0 Å². The molecule has 0 atom stereocenters. The van der Waals surface area contributed by atoms with Crippen LogP contribution in [0.5, 0.6) is 0 Å². The molecule has 29 heavy (non-hydrogen) atoms. The lowest BCUT2D eigenvalue weighted by Crippen LogP contribution is -2.30. The number of sulfone groups is 1. The molecule has 0 aliphatic rings. The lowest BCUT2D eigenvalue weighted by molar-refractivity contribution is 0.0702. The molecule has 1 amide bonds. The van der Waals surface area contributed by atoms with Gasteiger partial charge in [0, 0.05) is 27.0 Å². The molecule has 0 saturated heterocycles. The quantitative estimate of drug-likeness (QED) is 0.404. The Morgan fingerprint density at radius 1 is 0.966 bits per heavy atom.